The number of anilines is 1. The van der Waals surface area contributed by atoms with E-state index in [1.807, 2.05) is 12.1 Å². The zero-order valence-corrected chi connectivity index (χ0v) is 16.8. The summed E-state index contributed by atoms with van der Waals surface area (Å²) in [4.78, 5) is 24.4. The van der Waals surface area contributed by atoms with Crippen molar-refractivity contribution in [2.24, 2.45) is 11.1 Å². The highest BCUT2D eigenvalue weighted by molar-refractivity contribution is 7.89. The van der Waals surface area contributed by atoms with Gasteiger partial charge in [0.1, 0.15) is 0 Å². The average Bonchev–Trinajstić information content (AvgIpc) is 2.61. The van der Waals surface area contributed by atoms with Crippen molar-refractivity contribution in [2.75, 3.05) is 5.32 Å². The van der Waals surface area contributed by atoms with Crippen molar-refractivity contribution in [2.45, 2.75) is 38.2 Å². The zero-order valence-electron chi connectivity index (χ0n) is 16.0. The first kappa shape index (κ1) is 21.6. The lowest BCUT2D eigenvalue weighted by Crippen LogP contribution is -2.30. The van der Waals surface area contributed by atoms with Gasteiger partial charge in [0.15, 0.2) is 6.10 Å². The van der Waals surface area contributed by atoms with Crippen LogP contribution in [0, 0.1) is 5.92 Å². The number of carbonyl (C=O) groups is 2. The van der Waals surface area contributed by atoms with Crippen LogP contribution >= 0.6 is 0 Å². The maximum Gasteiger partial charge on any atom is 0.338 e. The Morgan fingerprint density at radius 1 is 1.00 bits per heavy atom. The molecule has 0 aliphatic heterocycles. The lowest BCUT2D eigenvalue weighted by Gasteiger charge is -2.14. The van der Waals surface area contributed by atoms with Gasteiger partial charge in [-0.2, -0.15) is 0 Å². The van der Waals surface area contributed by atoms with Gasteiger partial charge < -0.3 is 10.1 Å². The molecule has 0 saturated heterocycles. The maximum atomic E-state index is 12.2. The van der Waals surface area contributed by atoms with Crippen LogP contribution < -0.4 is 10.5 Å². The third-order valence-electron chi connectivity index (χ3n) is 3.94. The second-order valence-corrected chi connectivity index (χ2v) is 8.46. The van der Waals surface area contributed by atoms with Crippen LogP contribution in [0.5, 0.6) is 0 Å². The first-order valence-corrected chi connectivity index (χ1v) is 10.3. The monoisotopic (exact) mass is 404 g/mol. The van der Waals surface area contributed by atoms with E-state index in [0.717, 1.165) is 12.0 Å². The van der Waals surface area contributed by atoms with Crippen LogP contribution in [0.2, 0.25) is 0 Å². The van der Waals surface area contributed by atoms with E-state index < -0.39 is 28.0 Å². The molecule has 0 fully saturated rings. The molecule has 0 unspecified atom stereocenters. The lowest BCUT2D eigenvalue weighted by atomic mass is 10.0. The van der Waals surface area contributed by atoms with Crippen molar-refractivity contribution in [1.82, 2.24) is 0 Å². The Bertz CT molecular complexity index is 936. The first-order chi connectivity index (χ1) is 13.1. The van der Waals surface area contributed by atoms with E-state index in [-0.39, 0.29) is 4.90 Å². The fourth-order valence-electron chi connectivity index (χ4n) is 2.50. The van der Waals surface area contributed by atoms with E-state index in [2.05, 4.69) is 19.2 Å². The van der Waals surface area contributed by atoms with Crippen molar-refractivity contribution in [3.05, 3.63) is 59.7 Å². The van der Waals surface area contributed by atoms with Crippen LogP contribution in [0.4, 0.5) is 5.69 Å². The molecule has 8 heteroatoms. The Labute approximate surface area is 164 Å². The SMILES string of the molecule is CC(C)Cc1ccc(C(=O)O[C@@H](C)C(=O)Nc2ccc(S(N)(=O)=O)cc2)cc1. The molecule has 3 N–H and O–H groups in total. The van der Waals surface area contributed by atoms with Gasteiger partial charge in [0, 0.05) is 5.69 Å². The summed E-state index contributed by atoms with van der Waals surface area (Å²) in [7, 11) is -3.80. The number of ether oxygens (including phenoxy) is 1. The molecule has 2 rings (SSSR count). The molecule has 0 aromatic heterocycles. The zero-order chi connectivity index (χ0) is 20.9. The van der Waals surface area contributed by atoms with Crippen molar-refractivity contribution < 1.29 is 22.7 Å². The minimum atomic E-state index is -3.80. The van der Waals surface area contributed by atoms with Gasteiger partial charge in [0.2, 0.25) is 10.0 Å². The summed E-state index contributed by atoms with van der Waals surface area (Å²) in [5, 5.41) is 7.58. The van der Waals surface area contributed by atoms with Crippen molar-refractivity contribution in [3.63, 3.8) is 0 Å². The van der Waals surface area contributed by atoms with Crippen molar-refractivity contribution in [3.8, 4) is 0 Å². The average molecular weight is 404 g/mol. The molecule has 28 heavy (non-hydrogen) atoms. The fourth-order valence-corrected chi connectivity index (χ4v) is 3.02. The van der Waals surface area contributed by atoms with Crippen LogP contribution in [0.15, 0.2) is 53.4 Å². The Balaban J connectivity index is 1.95. The highest BCUT2D eigenvalue weighted by Crippen LogP contribution is 2.14. The molecule has 1 amide bonds. The molecule has 2 aromatic rings. The summed E-state index contributed by atoms with van der Waals surface area (Å²) >= 11 is 0. The highest BCUT2D eigenvalue weighted by Gasteiger charge is 2.19. The van der Waals surface area contributed by atoms with Crippen LogP contribution in [-0.2, 0) is 26.0 Å². The molecule has 0 heterocycles. The Kier molecular flexibility index (Phi) is 6.93. The molecular weight excluding hydrogens is 380 g/mol. The number of nitrogens with two attached hydrogens (primary N) is 1. The summed E-state index contributed by atoms with van der Waals surface area (Å²) in [6.45, 7) is 5.69. The molecule has 0 saturated carbocycles. The van der Waals surface area contributed by atoms with Crippen LogP contribution in [0.1, 0.15) is 36.7 Å². The smallest absolute Gasteiger partial charge is 0.338 e. The number of amides is 1. The summed E-state index contributed by atoms with van der Waals surface area (Å²) in [5.41, 5.74) is 1.85. The number of carbonyl (C=O) groups excluding carboxylic acids is 2. The molecule has 0 aliphatic carbocycles. The van der Waals surface area contributed by atoms with E-state index in [1.54, 1.807) is 12.1 Å². The van der Waals surface area contributed by atoms with Crippen molar-refractivity contribution in [1.29, 1.82) is 0 Å². The van der Waals surface area contributed by atoms with Crippen LogP contribution in [0.25, 0.3) is 0 Å². The number of benzene rings is 2. The third-order valence-corrected chi connectivity index (χ3v) is 4.87. The Morgan fingerprint density at radius 2 is 1.57 bits per heavy atom. The summed E-state index contributed by atoms with van der Waals surface area (Å²) in [5.74, 6) is -0.614. The van der Waals surface area contributed by atoms with Gasteiger partial charge in [-0.1, -0.05) is 26.0 Å². The van der Waals surface area contributed by atoms with E-state index in [0.29, 0.717) is 17.2 Å². The molecule has 1 atom stereocenters. The standard InChI is InChI=1S/C20H24N2O5S/c1-13(2)12-15-4-6-16(7-5-15)20(24)27-14(3)19(23)22-17-8-10-18(11-9-17)28(21,25)26/h4-11,13-14H,12H2,1-3H3,(H,22,23)(H2,21,25,26)/t14-/m0/s1. The number of hydrogen-bond donors (Lipinski definition) is 2. The van der Waals surface area contributed by atoms with E-state index >= 15 is 0 Å². The molecule has 150 valence electrons. The number of rotatable bonds is 7. The number of nitrogens with one attached hydrogen (secondary N) is 1. The van der Waals surface area contributed by atoms with Gasteiger partial charge in [-0.3, -0.25) is 4.79 Å². The van der Waals surface area contributed by atoms with Crippen LogP contribution in [-0.4, -0.2) is 26.4 Å². The van der Waals surface area contributed by atoms with Gasteiger partial charge >= 0.3 is 5.97 Å². The van der Waals surface area contributed by atoms with E-state index in [1.165, 1.54) is 31.2 Å². The predicted molar refractivity (Wildman–Crippen MR) is 106 cm³/mol. The summed E-state index contributed by atoms with van der Waals surface area (Å²) in [6, 6.07) is 12.5. The second-order valence-electron chi connectivity index (χ2n) is 6.90. The van der Waals surface area contributed by atoms with Gasteiger partial charge in [-0.05, 0) is 61.2 Å². The normalized spacial score (nSPS) is 12.5. The van der Waals surface area contributed by atoms with E-state index in [9.17, 15) is 18.0 Å². The minimum Gasteiger partial charge on any atom is -0.449 e. The highest BCUT2D eigenvalue weighted by atomic mass is 32.2. The second kappa shape index (κ2) is 8.99. The molecule has 7 nitrogen and oxygen atoms in total. The number of sulfonamides is 1. The Morgan fingerprint density at radius 3 is 2.07 bits per heavy atom. The molecular formula is C20H24N2O5S. The number of hydrogen-bond acceptors (Lipinski definition) is 5. The predicted octanol–water partition coefficient (Wildman–Crippen LogP) is 2.72. The number of esters is 1. The van der Waals surface area contributed by atoms with E-state index in [4.69, 9.17) is 9.88 Å². The van der Waals surface area contributed by atoms with Gasteiger partial charge in [0.05, 0.1) is 10.5 Å². The quantitative estimate of drug-likeness (QED) is 0.689. The molecule has 0 bridgehead atoms. The molecule has 2 aromatic carbocycles. The van der Waals surface area contributed by atoms with Crippen LogP contribution in [0.3, 0.4) is 0 Å². The van der Waals surface area contributed by atoms with Crippen molar-refractivity contribution >= 4 is 27.6 Å². The molecule has 0 spiro atoms. The Hall–Kier alpha value is -2.71. The first-order valence-electron chi connectivity index (χ1n) is 8.80. The fraction of sp³-hybridized carbons (Fsp3) is 0.300. The topological polar surface area (TPSA) is 116 Å². The summed E-state index contributed by atoms with van der Waals surface area (Å²) < 4.78 is 27.7. The van der Waals surface area contributed by atoms with Gasteiger partial charge in [0.25, 0.3) is 5.91 Å². The molecule has 0 aliphatic rings. The molecule has 0 radical (unpaired) electrons. The third kappa shape index (κ3) is 6.17. The minimum absolute atomic E-state index is 0.0640. The lowest BCUT2D eigenvalue weighted by molar-refractivity contribution is -0.123. The van der Waals surface area contributed by atoms with Gasteiger partial charge in [-0.25, -0.2) is 18.4 Å². The maximum absolute atomic E-state index is 12.2. The summed E-state index contributed by atoms with van der Waals surface area (Å²) in [6.07, 6.45) is -0.112. The number of primary sulfonamides is 1. The van der Waals surface area contributed by atoms with Gasteiger partial charge in [-0.15, -0.1) is 0 Å². The largest absolute Gasteiger partial charge is 0.449 e.